The summed E-state index contributed by atoms with van der Waals surface area (Å²) in [4.78, 5) is 3.50. The van der Waals surface area contributed by atoms with Gasteiger partial charge in [-0.3, -0.25) is 0 Å². The van der Waals surface area contributed by atoms with Crippen LogP contribution < -0.4 is 5.73 Å². The van der Waals surface area contributed by atoms with Gasteiger partial charge in [0.15, 0.2) is 0 Å². The van der Waals surface area contributed by atoms with Gasteiger partial charge in [-0.25, -0.2) is 13.8 Å². The molecule has 0 aromatic carbocycles. The van der Waals surface area contributed by atoms with E-state index in [1.165, 1.54) is 12.3 Å². The van der Waals surface area contributed by atoms with Crippen molar-refractivity contribution in [2.75, 3.05) is 0 Å². The molecule has 5 heteroatoms. The van der Waals surface area contributed by atoms with Crippen LogP contribution >= 0.6 is 0 Å². The van der Waals surface area contributed by atoms with Crippen LogP contribution in [0.5, 0.6) is 0 Å². The Balaban J connectivity index is 2.25. The number of hydrogen-bond donors (Lipinski definition) is 1. The van der Waals surface area contributed by atoms with E-state index in [2.05, 4.69) is 4.98 Å². The SMILES string of the molecule is NC1(c2cccnc2F)CCC(F)(F)CC1. The topological polar surface area (TPSA) is 38.9 Å². The predicted molar refractivity (Wildman–Crippen MR) is 53.5 cm³/mol. The minimum atomic E-state index is -2.67. The second-order valence-electron chi connectivity index (χ2n) is 4.35. The molecule has 0 atom stereocenters. The van der Waals surface area contributed by atoms with Crippen molar-refractivity contribution in [3.05, 3.63) is 29.8 Å². The molecule has 1 aromatic rings. The normalized spacial score (nSPS) is 23.0. The van der Waals surface area contributed by atoms with E-state index >= 15 is 0 Å². The standard InChI is InChI=1S/C11H13F3N2/c12-9-8(2-1-7-16-9)10(15)3-5-11(13,14)6-4-10/h1-2,7H,3-6,15H2. The van der Waals surface area contributed by atoms with Crippen molar-refractivity contribution in [1.82, 2.24) is 4.98 Å². The van der Waals surface area contributed by atoms with Gasteiger partial charge in [0, 0.05) is 30.1 Å². The van der Waals surface area contributed by atoms with E-state index in [0.717, 1.165) is 0 Å². The van der Waals surface area contributed by atoms with Crippen LogP contribution in [-0.4, -0.2) is 10.9 Å². The highest BCUT2D eigenvalue weighted by atomic mass is 19.3. The first-order valence-corrected chi connectivity index (χ1v) is 5.21. The summed E-state index contributed by atoms with van der Waals surface area (Å²) in [5.41, 5.74) is 5.23. The molecule has 88 valence electrons. The molecule has 1 saturated carbocycles. The van der Waals surface area contributed by atoms with E-state index in [9.17, 15) is 13.2 Å². The Kier molecular flexibility index (Phi) is 2.66. The van der Waals surface area contributed by atoms with Crippen LogP contribution in [0.1, 0.15) is 31.2 Å². The lowest BCUT2D eigenvalue weighted by atomic mass is 9.76. The van der Waals surface area contributed by atoms with E-state index in [1.807, 2.05) is 0 Å². The number of hydrogen-bond acceptors (Lipinski definition) is 2. The van der Waals surface area contributed by atoms with Crippen LogP contribution in [0.15, 0.2) is 18.3 Å². The fourth-order valence-corrected chi connectivity index (χ4v) is 2.09. The van der Waals surface area contributed by atoms with E-state index in [4.69, 9.17) is 5.73 Å². The Labute approximate surface area is 91.7 Å². The third-order valence-corrected chi connectivity index (χ3v) is 3.17. The van der Waals surface area contributed by atoms with Gasteiger partial charge in [-0.2, -0.15) is 4.39 Å². The van der Waals surface area contributed by atoms with Crippen LogP contribution in [0.2, 0.25) is 0 Å². The van der Waals surface area contributed by atoms with E-state index < -0.39 is 17.4 Å². The Bertz CT molecular complexity index is 383. The lowest BCUT2D eigenvalue weighted by Gasteiger charge is -2.37. The average Bonchev–Trinajstić information content (AvgIpc) is 2.24. The molecule has 16 heavy (non-hydrogen) atoms. The van der Waals surface area contributed by atoms with Crippen LogP contribution in [0.3, 0.4) is 0 Å². The molecule has 0 spiro atoms. The number of alkyl halides is 2. The molecular weight excluding hydrogens is 217 g/mol. The highest BCUT2D eigenvalue weighted by molar-refractivity contribution is 5.22. The molecule has 2 N–H and O–H groups in total. The molecule has 0 unspecified atom stereocenters. The summed E-state index contributed by atoms with van der Waals surface area (Å²) in [5, 5.41) is 0. The highest BCUT2D eigenvalue weighted by Crippen LogP contribution is 2.42. The maximum Gasteiger partial charge on any atom is 0.248 e. The number of halogens is 3. The van der Waals surface area contributed by atoms with Crippen molar-refractivity contribution in [1.29, 1.82) is 0 Å². The van der Waals surface area contributed by atoms with Gasteiger partial charge in [0.2, 0.25) is 11.9 Å². The first-order valence-electron chi connectivity index (χ1n) is 5.21. The van der Waals surface area contributed by atoms with Crippen molar-refractivity contribution < 1.29 is 13.2 Å². The van der Waals surface area contributed by atoms with Gasteiger partial charge >= 0.3 is 0 Å². The number of pyridine rings is 1. The molecule has 0 bridgehead atoms. The molecule has 1 aliphatic rings. The van der Waals surface area contributed by atoms with Gasteiger partial charge in [0.1, 0.15) is 0 Å². The van der Waals surface area contributed by atoms with Crippen molar-refractivity contribution in [3.63, 3.8) is 0 Å². The zero-order valence-electron chi connectivity index (χ0n) is 8.72. The van der Waals surface area contributed by atoms with Crippen LogP contribution in [0.25, 0.3) is 0 Å². The summed E-state index contributed by atoms with van der Waals surface area (Å²) < 4.78 is 39.4. The lowest BCUT2D eigenvalue weighted by Crippen LogP contribution is -2.44. The maximum absolute atomic E-state index is 13.4. The van der Waals surface area contributed by atoms with E-state index in [-0.39, 0.29) is 31.2 Å². The molecule has 1 aliphatic carbocycles. The number of aromatic nitrogens is 1. The predicted octanol–water partition coefficient (Wildman–Crippen LogP) is 2.58. The van der Waals surface area contributed by atoms with Crippen molar-refractivity contribution in [2.45, 2.75) is 37.1 Å². The van der Waals surface area contributed by atoms with Gasteiger partial charge in [0.25, 0.3) is 0 Å². The molecule has 1 aromatic heterocycles. The molecule has 1 heterocycles. The number of rotatable bonds is 1. The molecule has 2 nitrogen and oxygen atoms in total. The zero-order chi connectivity index (χ0) is 11.8. The highest BCUT2D eigenvalue weighted by Gasteiger charge is 2.43. The Morgan fingerprint density at radius 3 is 2.38 bits per heavy atom. The number of nitrogens with zero attached hydrogens (tertiary/aromatic N) is 1. The van der Waals surface area contributed by atoms with Crippen LogP contribution in [0, 0.1) is 5.95 Å². The first-order chi connectivity index (χ1) is 7.43. The summed E-state index contributed by atoms with van der Waals surface area (Å²) in [5.74, 6) is -3.32. The van der Waals surface area contributed by atoms with Gasteiger partial charge in [0.05, 0.1) is 0 Å². The Morgan fingerprint density at radius 1 is 1.19 bits per heavy atom. The summed E-state index contributed by atoms with van der Waals surface area (Å²) in [7, 11) is 0. The van der Waals surface area contributed by atoms with Gasteiger partial charge < -0.3 is 5.73 Å². The maximum atomic E-state index is 13.4. The molecule has 2 rings (SSSR count). The third kappa shape index (κ3) is 2.04. The van der Waals surface area contributed by atoms with Crippen LogP contribution in [0.4, 0.5) is 13.2 Å². The molecule has 0 saturated heterocycles. The van der Waals surface area contributed by atoms with Crippen molar-refractivity contribution in [2.24, 2.45) is 5.73 Å². The summed E-state index contributed by atoms with van der Waals surface area (Å²) in [6, 6.07) is 3.09. The van der Waals surface area contributed by atoms with Crippen molar-refractivity contribution >= 4 is 0 Å². The first kappa shape index (κ1) is 11.4. The largest absolute Gasteiger partial charge is 0.321 e. The van der Waals surface area contributed by atoms with Crippen molar-refractivity contribution in [3.8, 4) is 0 Å². The third-order valence-electron chi connectivity index (χ3n) is 3.17. The van der Waals surface area contributed by atoms with Gasteiger partial charge in [-0.1, -0.05) is 6.07 Å². The molecule has 1 fully saturated rings. The van der Waals surface area contributed by atoms with Crippen LogP contribution in [-0.2, 0) is 5.54 Å². The fourth-order valence-electron chi connectivity index (χ4n) is 2.09. The minimum Gasteiger partial charge on any atom is -0.321 e. The van der Waals surface area contributed by atoms with E-state index in [0.29, 0.717) is 0 Å². The Hall–Kier alpha value is -1.10. The second kappa shape index (κ2) is 3.73. The number of nitrogens with two attached hydrogens (primary N) is 1. The Morgan fingerprint density at radius 2 is 1.81 bits per heavy atom. The second-order valence-corrected chi connectivity index (χ2v) is 4.35. The summed E-state index contributed by atoms with van der Waals surface area (Å²) in [6.07, 6.45) is 0.903. The monoisotopic (exact) mass is 230 g/mol. The molecular formula is C11H13F3N2. The fraction of sp³-hybridized carbons (Fsp3) is 0.545. The smallest absolute Gasteiger partial charge is 0.248 e. The molecule has 0 amide bonds. The summed E-state index contributed by atoms with van der Waals surface area (Å²) >= 11 is 0. The summed E-state index contributed by atoms with van der Waals surface area (Å²) in [6.45, 7) is 0. The quantitative estimate of drug-likeness (QED) is 0.753. The van der Waals surface area contributed by atoms with E-state index in [1.54, 1.807) is 6.07 Å². The average molecular weight is 230 g/mol. The lowest BCUT2D eigenvalue weighted by molar-refractivity contribution is -0.0519. The minimum absolute atomic E-state index is 0.0859. The zero-order valence-corrected chi connectivity index (χ0v) is 8.72. The van der Waals surface area contributed by atoms with Gasteiger partial charge in [-0.05, 0) is 18.9 Å². The molecule has 0 aliphatic heterocycles. The van der Waals surface area contributed by atoms with Gasteiger partial charge in [-0.15, -0.1) is 0 Å². The molecule has 0 radical (unpaired) electrons.